The van der Waals surface area contributed by atoms with Crippen LogP contribution in [0, 0.1) is 0 Å². The van der Waals surface area contributed by atoms with Crippen LogP contribution in [-0.2, 0) is 0 Å². The first kappa shape index (κ1) is 12.0. The quantitative estimate of drug-likeness (QED) is 0.723. The van der Waals surface area contributed by atoms with Gasteiger partial charge in [-0.25, -0.2) is 4.98 Å². The summed E-state index contributed by atoms with van der Waals surface area (Å²) < 4.78 is 0. The molecule has 0 amide bonds. The van der Waals surface area contributed by atoms with Crippen molar-refractivity contribution in [2.24, 2.45) is 0 Å². The average Bonchev–Trinajstić information content (AvgIpc) is 2.47. The third kappa shape index (κ3) is 2.37. The van der Waals surface area contributed by atoms with Crippen LogP contribution in [0.1, 0.15) is 0 Å². The highest BCUT2D eigenvalue weighted by atomic mass is 16.3. The molecular formula is C13H9N5O2. The van der Waals surface area contributed by atoms with E-state index in [-0.39, 0.29) is 17.5 Å². The SMILES string of the molecule is Oc1cccc(-c2nnc(-c3cccc(O)n3)nn2)c1. The summed E-state index contributed by atoms with van der Waals surface area (Å²) in [6, 6.07) is 11.2. The predicted octanol–water partition coefficient (Wildman–Crippen LogP) is 1.41. The summed E-state index contributed by atoms with van der Waals surface area (Å²) in [5.41, 5.74) is 0.993. The predicted molar refractivity (Wildman–Crippen MR) is 69.6 cm³/mol. The summed E-state index contributed by atoms with van der Waals surface area (Å²) in [4.78, 5) is 3.87. The summed E-state index contributed by atoms with van der Waals surface area (Å²) in [7, 11) is 0. The number of aromatic hydroxyl groups is 2. The van der Waals surface area contributed by atoms with Crippen molar-refractivity contribution >= 4 is 0 Å². The molecule has 0 fully saturated rings. The van der Waals surface area contributed by atoms with E-state index >= 15 is 0 Å². The Kier molecular flexibility index (Phi) is 2.92. The van der Waals surface area contributed by atoms with E-state index in [1.165, 1.54) is 12.1 Å². The van der Waals surface area contributed by atoms with Crippen molar-refractivity contribution in [2.45, 2.75) is 0 Å². The van der Waals surface area contributed by atoms with Gasteiger partial charge in [-0.05, 0) is 18.2 Å². The van der Waals surface area contributed by atoms with E-state index in [0.29, 0.717) is 17.1 Å². The molecule has 98 valence electrons. The molecule has 3 rings (SSSR count). The normalized spacial score (nSPS) is 10.4. The molecule has 0 bridgehead atoms. The van der Waals surface area contributed by atoms with Gasteiger partial charge in [0.15, 0.2) is 0 Å². The van der Waals surface area contributed by atoms with Gasteiger partial charge in [0, 0.05) is 11.6 Å². The molecule has 0 saturated heterocycles. The van der Waals surface area contributed by atoms with Gasteiger partial charge in [0.2, 0.25) is 17.5 Å². The summed E-state index contributed by atoms with van der Waals surface area (Å²) in [6.45, 7) is 0. The van der Waals surface area contributed by atoms with Crippen molar-refractivity contribution in [1.82, 2.24) is 25.4 Å². The molecule has 2 heterocycles. The number of hydrogen-bond acceptors (Lipinski definition) is 7. The smallest absolute Gasteiger partial charge is 0.222 e. The molecular weight excluding hydrogens is 258 g/mol. The van der Waals surface area contributed by atoms with Crippen molar-refractivity contribution in [2.75, 3.05) is 0 Å². The van der Waals surface area contributed by atoms with Crippen molar-refractivity contribution in [3.63, 3.8) is 0 Å². The van der Waals surface area contributed by atoms with E-state index in [4.69, 9.17) is 0 Å². The van der Waals surface area contributed by atoms with Gasteiger partial charge < -0.3 is 10.2 Å². The molecule has 0 aliphatic heterocycles. The fraction of sp³-hybridized carbons (Fsp3) is 0. The molecule has 2 N–H and O–H groups in total. The number of phenols is 1. The molecule has 0 atom stereocenters. The molecule has 0 saturated carbocycles. The molecule has 0 aliphatic carbocycles. The van der Waals surface area contributed by atoms with Gasteiger partial charge >= 0.3 is 0 Å². The zero-order valence-electron chi connectivity index (χ0n) is 10.2. The Balaban J connectivity index is 1.96. The summed E-state index contributed by atoms with van der Waals surface area (Å²) in [5.74, 6) is 0.502. The Morgan fingerprint density at radius 2 is 1.45 bits per heavy atom. The van der Waals surface area contributed by atoms with E-state index in [9.17, 15) is 10.2 Å². The second kappa shape index (κ2) is 4.88. The van der Waals surface area contributed by atoms with Crippen LogP contribution >= 0.6 is 0 Å². The number of nitrogens with zero attached hydrogens (tertiary/aromatic N) is 5. The van der Waals surface area contributed by atoms with Gasteiger partial charge in [0.25, 0.3) is 0 Å². The lowest BCUT2D eigenvalue weighted by Gasteiger charge is -2.01. The number of rotatable bonds is 2. The van der Waals surface area contributed by atoms with Gasteiger partial charge in [0.05, 0.1) is 0 Å². The van der Waals surface area contributed by atoms with Crippen LogP contribution in [0.15, 0.2) is 42.5 Å². The number of aromatic nitrogens is 5. The van der Waals surface area contributed by atoms with Gasteiger partial charge in [-0.3, -0.25) is 0 Å². The van der Waals surface area contributed by atoms with E-state index in [1.807, 2.05) is 0 Å². The lowest BCUT2D eigenvalue weighted by Crippen LogP contribution is -2.00. The second-order valence-electron chi connectivity index (χ2n) is 3.98. The fourth-order valence-electron chi connectivity index (χ4n) is 1.64. The monoisotopic (exact) mass is 267 g/mol. The molecule has 0 spiro atoms. The van der Waals surface area contributed by atoms with E-state index in [1.54, 1.807) is 30.3 Å². The van der Waals surface area contributed by atoms with Crippen molar-refractivity contribution in [3.8, 4) is 34.5 Å². The van der Waals surface area contributed by atoms with Crippen molar-refractivity contribution in [3.05, 3.63) is 42.5 Å². The Labute approximate surface area is 113 Å². The topological polar surface area (TPSA) is 105 Å². The zero-order chi connectivity index (χ0) is 13.9. The molecule has 20 heavy (non-hydrogen) atoms. The van der Waals surface area contributed by atoms with E-state index in [2.05, 4.69) is 25.4 Å². The molecule has 7 nitrogen and oxygen atoms in total. The van der Waals surface area contributed by atoms with Crippen LogP contribution in [0.2, 0.25) is 0 Å². The Morgan fingerprint density at radius 3 is 2.15 bits per heavy atom. The van der Waals surface area contributed by atoms with Crippen molar-refractivity contribution in [1.29, 1.82) is 0 Å². The minimum Gasteiger partial charge on any atom is -0.508 e. The van der Waals surface area contributed by atoms with Crippen LogP contribution in [-0.4, -0.2) is 35.6 Å². The van der Waals surface area contributed by atoms with Gasteiger partial charge in [-0.15, -0.1) is 20.4 Å². The highest BCUT2D eigenvalue weighted by molar-refractivity contribution is 5.57. The van der Waals surface area contributed by atoms with Gasteiger partial charge in [-0.1, -0.05) is 18.2 Å². The number of hydrogen-bond donors (Lipinski definition) is 2. The molecule has 0 aliphatic rings. The summed E-state index contributed by atoms with van der Waals surface area (Å²) in [6.07, 6.45) is 0. The largest absolute Gasteiger partial charge is 0.508 e. The minimum absolute atomic E-state index is 0.116. The Morgan fingerprint density at radius 1 is 0.750 bits per heavy atom. The Hall–Kier alpha value is -3.09. The third-order valence-electron chi connectivity index (χ3n) is 2.55. The van der Waals surface area contributed by atoms with Crippen LogP contribution in [0.3, 0.4) is 0 Å². The molecule has 0 unspecified atom stereocenters. The second-order valence-corrected chi connectivity index (χ2v) is 3.98. The minimum atomic E-state index is -0.122. The maximum absolute atomic E-state index is 9.40. The fourth-order valence-corrected chi connectivity index (χ4v) is 1.64. The van der Waals surface area contributed by atoms with Crippen LogP contribution < -0.4 is 0 Å². The van der Waals surface area contributed by atoms with Crippen LogP contribution in [0.4, 0.5) is 0 Å². The number of benzene rings is 1. The average molecular weight is 267 g/mol. The summed E-state index contributed by atoms with van der Waals surface area (Å²) in [5, 5.41) is 34.4. The lowest BCUT2D eigenvalue weighted by molar-refractivity contribution is 0.454. The van der Waals surface area contributed by atoms with Crippen molar-refractivity contribution < 1.29 is 10.2 Å². The van der Waals surface area contributed by atoms with Gasteiger partial charge in [-0.2, -0.15) is 0 Å². The van der Waals surface area contributed by atoms with E-state index in [0.717, 1.165) is 0 Å². The highest BCUT2D eigenvalue weighted by Crippen LogP contribution is 2.19. The molecule has 7 heteroatoms. The third-order valence-corrected chi connectivity index (χ3v) is 2.55. The number of phenolic OH excluding ortho intramolecular Hbond substituents is 1. The zero-order valence-corrected chi connectivity index (χ0v) is 10.2. The maximum Gasteiger partial charge on any atom is 0.222 e. The van der Waals surface area contributed by atoms with Crippen LogP contribution in [0.5, 0.6) is 11.6 Å². The number of pyridine rings is 1. The molecule has 2 aromatic heterocycles. The first-order valence-electron chi connectivity index (χ1n) is 5.75. The molecule has 0 radical (unpaired) electrons. The molecule has 3 aromatic rings. The lowest BCUT2D eigenvalue weighted by atomic mass is 10.2. The first-order chi connectivity index (χ1) is 9.72. The van der Waals surface area contributed by atoms with E-state index < -0.39 is 0 Å². The van der Waals surface area contributed by atoms with Crippen LogP contribution in [0.25, 0.3) is 22.9 Å². The molecule has 1 aromatic carbocycles. The standard InChI is InChI=1S/C13H9N5O2/c19-9-4-1-3-8(7-9)12-15-17-13(18-16-12)10-5-2-6-11(20)14-10/h1-7,19H,(H,14,20). The Bertz CT molecular complexity index is 681. The first-order valence-corrected chi connectivity index (χ1v) is 5.75. The highest BCUT2D eigenvalue weighted by Gasteiger charge is 2.08. The summed E-state index contributed by atoms with van der Waals surface area (Å²) >= 11 is 0. The maximum atomic E-state index is 9.40. The van der Waals surface area contributed by atoms with Gasteiger partial charge in [0.1, 0.15) is 11.4 Å².